The minimum absolute atomic E-state index is 0.117. The van der Waals surface area contributed by atoms with E-state index >= 15 is 0 Å². The van der Waals surface area contributed by atoms with Crippen LogP contribution in [-0.4, -0.2) is 72.9 Å². The minimum atomic E-state index is -4.73. The van der Waals surface area contributed by atoms with Gasteiger partial charge in [-0.25, -0.2) is 4.79 Å². The van der Waals surface area contributed by atoms with Crippen molar-refractivity contribution in [1.82, 2.24) is 10.2 Å². The van der Waals surface area contributed by atoms with Gasteiger partial charge in [0.25, 0.3) is 5.91 Å². The second-order valence-corrected chi connectivity index (χ2v) is 7.54. The van der Waals surface area contributed by atoms with E-state index in [1.54, 1.807) is 0 Å². The molecule has 0 spiro atoms. The lowest BCUT2D eigenvalue weighted by atomic mass is 10.0. The number of halogens is 6. The van der Waals surface area contributed by atoms with Crippen LogP contribution in [0, 0.1) is 0 Å². The highest BCUT2D eigenvalue weighted by atomic mass is 19.4. The first-order chi connectivity index (χ1) is 16.3. The molecule has 14 heteroatoms. The monoisotopic (exact) mass is 512 g/mol. The number of benzene rings is 1. The summed E-state index contributed by atoms with van der Waals surface area (Å²) in [5.74, 6) is -3.25. The van der Waals surface area contributed by atoms with Crippen molar-refractivity contribution in [1.29, 1.82) is 0 Å². The molecule has 0 radical (unpaired) electrons. The lowest BCUT2D eigenvalue weighted by Crippen LogP contribution is -2.46. The van der Waals surface area contributed by atoms with E-state index in [9.17, 15) is 40.7 Å². The molecule has 1 aromatic rings. The molecule has 1 saturated heterocycles. The summed E-state index contributed by atoms with van der Waals surface area (Å²) in [5, 5.41) is 11.4. The maximum atomic E-state index is 12.8. The van der Waals surface area contributed by atoms with Crippen LogP contribution in [0.4, 0.5) is 26.3 Å². The van der Waals surface area contributed by atoms with Crippen molar-refractivity contribution in [2.45, 2.75) is 37.7 Å². The smallest absolute Gasteiger partial charge is 0.422 e. The predicted octanol–water partition coefficient (Wildman–Crippen LogP) is 3.32. The summed E-state index contributed by atoms with van der Waals surface area (Å²) in [7, 11) is 0. The van der Waals surface area contributed by atoms with Gasteiger partial charge >= 0.3 is 18.3 Å². The zero-order valence-electron chi connectivity index (χ0n) is 18.1. The van der Waals surface area contributed by atoms with Gasteiger partial charge in [-0.05, 0) is 37.5 Å². The Bertz CT molecular complexity index is 947. The molecule has 0 saturated carbocycles. The van der Waals surface area contributed by atoms with E-state index in [1.807, 2.05) is 0 Å². The molecule has 1 aromatic carbocycles. The molecule has 8 nitrogen and oxygen atoms in total. The number of carboxylic acids is 1. The summed E-state index contributed by atoms with van der Waals surface area (Å²) in [6, 6.07) is 2.14. The highest BCUT2D eigenvalue weighted by molar-refractivity contribution is 5.97. The highest BCUT2D eigenvalue weighted by Crippen LogP contribution is 2.28. The van der Waals surface area contributed by atoms with Crippen molar-refractivity contribution in [3.8, 4) is 11.5 Å². The summed E-state index contributed by atoms with van der Waals surface area (Å²) in [5.41, 5.74) is -0.610. The average molecular weight is 512 g/mol. The van der Waals surface area contributed by atoms with Crippen LogP contribution in [0.2, 0.25) is 0 Å². The number of nitrogens with one attached hydrogen (secondary N) is 1. The maximum Gasteiger partial charge on any atom is 0.422 e. The fourth-order valence-corrected chi connectivity index (χ4v) is 3.40. The Morgan fingerprint density at radius 3 is 2.34 bits per heavy atom. The van der Waals surface area contributed by atoms with Gasteiger partial charge in [0.05, 0.1) is 11.3 Å². The lowest BCUT2D eigenvalue weighted by molar-refractivity contribution is -0.154. The SMILES string of the molecule is O=CC(=CC(=O)O)N1CCCCC1CNC(=O)c1cc(OCC(F)(F)F)ccc1OCC(F)(F)F. The molecule has 1 atom stereocenters. The third-order valence-electron chi connectivity index (χ3n) is 4.84. The van der Waals surface area contributed by atoms with Crippen LogP contribution in [0.3, 0.4) is 0 Å². The quantitative estimate of drug-likeness (QED) is 0.282. The van der Waals surface area contributed by atoms with Crippen molar-refractivity contribution < 1.29 is 55.3 Å². The minimum Gasteiger partial charge on any atom is -0.484 e. The molecule has 1 fully saturated rings. The number of allylic oxidation sites excluding steroid dienone is 1. The lowest BCUT2D eigenvalue weighted by Gasteiger charge is -2.37. The number of nitrogens with zero attached hydrogens (tertiary/aromatic N) is 1. The number of amides is 1. The number of likely N-dealkylation sites (tertiary alicyclic amines) is 1. The van der Waals surface area contributed by atoms with Crippen LogP contribution in [-0.2, 0) is 9.59 Å². The summed E-state index contributed by atoms with van der Waals surface area (Å²) < 4.78 is 84.3. The zero-order chi connectivity index (χ0) is 26.2. The third kappa shape index (κ3) is 9.37. The number of hydrogen-bond donors (Lipinski definition) is 2. The number of aldehydes is 1. The second kappa shape index (κ2) is 11.8. The molecule has 1 aliphatic heterocycles. The topological polar surface area (TPSA) is 105 Å². The molecule has 0 aliphatic carbocycles. The van der Waals surface area contributed by atoms with Crippen LogP contribution in [0.1, 0.15) is 29.6 Å². The van der Waals surface area contributed by atoms with Gasteiger partial charge in [0.1, 0.15) is 11.5 Å². The Balaban J connectivity index is 2.21. The summed E-state index contributed by atoms with van der Waals surface area (Å²) >= 11 is 0. The molecule has 1 unspecified atom stereocenters. The van der Waals surface area contributed by atoms with Crippen molar-refractivity contribution >= 4 is 18.2 Å². The van der Waals surface area contributed by atoms with Gasteiger partial charge in [0.2, 0.25) is 0 Å². The second-order valence-electron chi connectivity index (χ2n) is 7.54. The Morgan fingerprint density at radius 2 is 1.74 bits per heavy atom. The van der Waals surface area contributed by atoms with Crippen LogP contribution in [0.25, 0.3) is 0 Å². The molecule has 0 aromatic heterocycles. The number of alkyl halides is 6. The van der Waals surface area contributed by atoms with Crippen molar-refractivity contribution in [3.63, 3.8) is 0 Å². The number of ether oxygens (including phenoxy) is 2. The molecule has 1 amide bonds. The number of aliphatic carboxylic acids is 1. The molecule has 0 bridgehead atoms. The standard InChI is InChI=1S/C21H22F6N2O6/c22-20(23,24)11-34-15-4-5-17(35-12-21(25,26)27)16(8-15)19(33)28-9-13-3-1-2-6-29(13)14(10-30)7-18(31)32/h4-5,7-8,10,13H,1-3,6,9,11-12H2,(H,28,33)(H,31,32). The van der Waals surface area contributed by atoms with E-state index in [4.69, 9.17) is 5.11 Å². The summed E-state index contributed by atoms with van der Waals surface area (Å²) in [6.45, 7) is -3.22. The Kier molecular flexibility index (Phi) is 9.37. The Labute approximate surface area is 195 Å². The van der Waals surface area contributed by atoms with Crippen LogP contribution >= 0.6 is 0 Å². The van der Waals surface area contributed by atoms with E-state index < -0.39 is 60.5 Å². The maximum absolute atomic E-state index is 12.8. The van der Waals surface area contributed by atoms with Gasteiger partial charge in [-0.3, -0.25) is 9.59 Å². The number of hydrogen-bond acceptors (Lipinski definition) is 6. The summed E-state index contributed by atoms with van der Waals surface area (Å²) in [4.78, 5) is 36.6. The van der Waals surface area contributed by atoms with Crippen LogP contribution in [0.5, 0.6) is 11.5 Å². The van der Waals surface area contributed by atoms with Crippen molar-refractivity contribution in [2.75, 3.05) is 26.3 Å². The molecule has 1 aliphatic rings. The molecule has 1 heterocycles. The number of carboxylic acid groups (broad SMARTS) is 1. The highest BCUT2D eigenvalue weighted by Gasteiger charge is 2.31. The van der Waals surface area contributed by atoms with E-state index in [0.717, 1.165) is 24.3 Å². The first-order valence-corrected chi connectivity index (χ1v) is 10.3. The van der Waals surface area contributed by atoms with Crippen molar-refractivity contribution in [2.24, 2.45) is 0 Å². The Hall–Kier alpha value is -3.45. The molecular weight excluding hydrogens is 490 g/mol. The fourth-order valence-electron chi connectivity index (χ4n) is 3.40. The van der Waals surface area contributed by atoms with Gasteiger partial charge in [-0.2, -0.15) is 26.3 Å². The number of carbonyl (C=O) groups is 3. The van der Waals surface area contributed by atoms with E-state index in [2.05, 4.69) is 14.8 Å². The fraction of sp³-hybridized carbons (Fsp3) is 0.476. The summed E-state index contributed by atoms with van der Waals surface area (Å²) in [6.07, 6.45) is -6.50. The zero-order valence-corrected chi connectivity index (χ0v) is 18.1. The molecule has 194 valence electrons. The number of rotatable bonds is 10. The first-order valence-electron chi connectivity index (χ1n) is 10.3. The molecule has 35 heavy (non-hydrogen) atoms. The van der Waals surface area contributed by atoms with Gasteiger partial charge in [0, 0.05) is 25.2 Å². The third-order valence-corrected chi connectivity index (χ3v) is 4.84. The van der Waals surface area contributed by atoms with E-state index in [0.29, 0.717) is 32.1 Å². The molecule has 2 rings (SSSR count). The first kappa shape index (κ1) is 27.8. The van der Waals surface area contributed by atoms with Crippen molar-refractivity contribution in [3.05, 3.63) is 35.5 Å². The number of carbonyl (C=O) groups excluding carboxylic acids is 2. The average Bonchev–Trinajstić information content (AvgIpc) is 2.77. The number of piperidine rings is 1. The normalized spacial score (nSPS) is 17.0. The van der Waals surface area contributed by atoms with Crippen LogP contribution in [0.15, 0.2) is 30.0 Å². The predicted molar refractivity (Wildman–Crippen MR) is 108 cm³/mol. The van der Waals surface area contributed by atoms with Crippen LogP contribution < -0.4 is 14.8 Å². The molecule has 2 N–H and O–H groups in total. The van der Waals surface area contributed by atoms with E-state index in [1.165, 1.54) is 4.90 Å². The Morgan fingerprint density at radius 1 is 1.09 bits per heavy atom. The molecular formula is C21H22F6N2O6. The van der Waals surface area contributed by atoms with Gasteiger partial charge in [-0.15, -0.1) is 0 Å². The van der Waals surface area contributed by atoms with Gasteiger partial charge in [-0.1, -0.05) is 0 Å². The largest absolute Gasteiger partial charge is 0.484 e. The van der Waals surface area contributed by atoms with E-state index in [-0.39, 0.29) is 12.2 Å². The van der Waals surface area contributed by atoms with Gasteiger partial charge < -0.3 is 24.8 Å². The van der Waals surface area contributed by atoms with Gasteiger partial charge in [0.15, 0.2) is 19.5 Å².